The highest BCUT2D eigenvalue weighted by molar-refractivity contribution is 5.97. The first-order valence-electron chi connectivity index (χ1n) is 8.00. The quantitative estimate of drug-likeness (QED) is 0.754. The molecule has 0 bridgehead atoms. The van der Waals surface area contributed by atoms with Crippen LogP contribution in [0.2, 0.25) is 0 Å². The monoisotopic (exact) mass is 329 g/mol. The van der Waals surface area contributed by atoms with E-state index >= 15 is 0 Å². The maximum Gasteiger partial charge on any atom is 0.340 e. The van der Waals surface area contributed by atoms with E-state index in [1.54, 1.807) is 25.1 Å². The van der Waals surface area contributed by atoms with Crippen LogP contribution < -0.4 is 16.0 Å². The van der Waals surface area contributed by atoms with Gasteiger partial charge in [0.25, 0.3) is 0 Å². The van der Waals surface area contributed by atoms with Gasteiger partial charge in [0.2, 0.25) is 0 Å². The average molecular weight is 329 g/mol. The molecule has 0 radical (unpaired) electrons. The van der Waals surface area contributed by atoms with Gasteiger partial charge in [0.15, 0.2) is 11.6 Å². The number of anilines is 4. The summed E-state index contributed by atoms with van der Waals surface area (Å²) in [6.45, 7) is 7.73. The molecule has 0 saturated carbocycles. The van der Waals surface area contributed by atoms with Crippen molar-refractivity contribution >= 4 is 29.0 Å². The summed E-state index contributed by atoms with van der Waals surface area (Å²) < 4.78 is 5.08. The van der Waals surface area contributed by atoms with Gasteiger partial charge in [-0.15, -0.1) is 0 Å². The smallest absolute Gasteiger partial charge is 0.340 e. The highest BCUT2D eigenvalue weighted by atomic mass is 16.5. The minimum atomic E-state index is -0.391. The van der Waals surface area contributed by atoms with Crippen LogP contribution >= 0.6 is 0 Å². The van der Waals surface area contributed by atoms with Gasteiger partial charge >= 0.3 is 5.97 Å². The molecule has 1 aromatic carbocycles. The van der Waals surface area contributed by atoms with Crippen molar-refractivity contribution in [1.29, 1.82) is 0 Å². The summed E-state index contributed by atoms with van der Waals surface area (Å²) in [6, 6.07) is 7.09. The Kier molecular flexibility index (Phi) is 5.95. The standard InChI is InChI=1S/C17H23N5O2/c1-4-22(5-2)16-14(18)15(19-11-20-16)21-13-10-8-7-9-12(13)17(23)24-6-3/h7-11H,4-6,18H2,1-3H3,(H,19,20,21). The zero-order valence-corrected chi connectivity index (χ0v) is 14.2. The fourth-order valence-electron chi connectivity index (χ4n) is 2.37. The van der Waals surface area contributed by atoms with Gasteiger partial charge in [-0.05, 0) is 32.9 Å². The number of nitrogens with one attached hydrogen (secondary N) is 1. The van der Waals surface area contributed by atoms with Crippen molar-refractivity contribution in [3.63, 3.8) is 0 Å². The van der Waals surface area contributed by atoms with Crippen LogP contribution in [0.1, 0.15) is 31.1 Å². The predicted octanol–water partition coefficient (Wildman–Crippen LogP) is 2.83. The molecule has 1 heterocycles. The number of nitrogen functional groups attached to an aromatic ring is 1. The number of hydrogen-bond acceptors (Lipinski definition) is 7. The van der Waals surface area contributed by atoms with E-state index in [-0.39, 0.29) is 0 Å². The SMILES string of the molecule is CCOC(=O)c1ccccc1Nc1ncnc(N(CC)CC)c1N. The summed E-state index contributed by atoms with van der Waals surface area (Å²) in [4.78, 5) is 22.6. The lowest BCUT2D eigenvalue weighted by Crippen LogP contribution is -2.24. The molecule has 1 aromatic heterocycles. The Labute approximate surface area is 141 Å². The Bertz CT molecular complexity index is 701. The number of rotatable bonds is 7. The lowest BCUT2D eigenvalue weighted by molar-refractivity contribution is 0.0527. The second-order valence-corrected chi connectivity index (χ2v) is 5.02. The molecule has 3 N–H and O–H groups in total. The maximum atomic E-state index is 12.1. The Morgan fingerprint density at radius 1 is 1.21 bits per heavy atom. The van der Waals surface area contributed by atoms with E-state index in [1.807, 2.05) is 24.8 Å². The van der Waals surface area contributed by atoms with Crippen molar-refractivity contribution in [3.8, 4) is 0 Å². The second kappa shape index (κ2) is 8.14. The molecule has 0 spiro atoms. The summed E-state index contributed by atoms with van der Waals surface area (Å²) in [6.07, 6.45) is 1.46. The van der Waals surface area contributed by atoms with Gasteiger partial charge in [0, 0.05) is 13.1 Å². The second-order valence-electron chi connectivity index (χ2n) is 5.02. The Hall–Kier alpha value is -2.83. The third kappa shape index (κ3) is 3.73. The molecule has 2 aromatic rings. The highest BCUT2D eigenvalue weighted by Crippen LogP contribution is 2.29. The summed E-state index contributed by atoms with van der Waals surface area (Å²) in [7, 11) is 0. The van der Waals surface area contributed by atoms with E-state index in [4.69, 9.17) is 10.5 Å². The number of hydrogen-bond donors (Lipinski definition) is 2. The molecule has 128 valence electrons. The number of carbonyl (C=O) groups is 1. The largest absolute Gasteiger partial charge is 0.462 e. The van der Waals surface area contributed by atoms with Gasteiger partial charge < -0.3 is 20.7 Å². The summed E-state index contributed by atoms with van der Waals surface area (Å²) >= 11 is 0. The molecule has 0 saturated heterocycles. The molecule has 0 aliphatic rings. The maximum absolute atomic E-state index is 12.1. The normalized spacial score (nSPS) is 10.3. The predicted molar refractivity (Wildman–Crippen MR) is 95.7 cm³/mol. The molecule has 24 heavy (non-hydrogen) atoms. The van der Waals surface area contributed by atoms with Crippen molar-refractivity contribution in [2.45, 2.75) is 20.8 Å². The van der Waals surface area contributed by atoms with Gasteiger partial charge in [0.1, 0.15) is 12.0 Å². The van der Waals surface area contributed by atoms with Crippen molar-refractivity contribution in [2.24, 2.45) is 0 Å². The van der Waals surface area contributed by atoms with Crippen molar-refractivity contribution in [2.75, 3.05) is 35.6 Å². The summed E-state index contributed by atoms with van der Waals surface area (Å²) in [5.41, 5.74) is 7.69. The van der Waals surface area contributed by atoms with Crippen molar-refractivity contribution in [1.82, 2.24) is 9.97 Å². The zero-order valence-electron chi connectivity index (χ0n) is 14.2. The zero-order chi connectivity index (χ0) is 17.5. The minimum absolute atomic E-state index is 0.314. The molecule has 7 heteroatoms. The number of ether oxygens (including phenoxy) is 1. The van der Waals surface area contributed by atoms with Crippen molar-refractivity contribution in [3.05, 3.63) is 36.2 Å². The van der Waals surface area contributed by atoms with Crippen LogP contribution in [0.25, 0.3) is 0 Å². The molecular formula is C17H23N5O2. The molecular weight excluding hydrogens is 306 g/mol. The molecule has 0 fully saturated rings. The van der Waals surface area contributed by atoms with E-state index < -0.39 is 5.97 Å². The fraction of sp³-hybridized carbons (Fsp3) is 0.353. The van der Waals surface area contributed by atoms with Crippen LogP contribution in [0.15, 0.2) is 30.6 Å². The molecule has 2 rings (SSSR count). The number of nitrogens with two attached hydrogens (primary N) is 1. The van der Waals surface area contributed by atoms with Crippen LogP contribution in [0, 0.1) is 0 Å². The molecule has 0 atom stereocenters. The number of esters is 1. The lowest BCUT2D eigenvalue weighted by atomic mass is 10.2. The third-order valence-corrected chi connectivity index (χ3v) is 3.60. The molecule has 0 aliphatic carbocycles. The average Bonchev–Trinajstić information content (AvgIpc) is 2.59. The number of nitrogens with zero attached hydrogens (tertiary/aromatic N) is 3. The Morgan fingerprint density at radius 2 is 1.92 bits per heavy atom. The van der Waals surface area contributed by atoms with Gasteiger partial charge in [-0.25, -0.2) is 14.8 Å². The minimum Gasteiger partial charge on any atom is -0.462 e. The Morgan fingerprint density at radius 3 is 2.58 bits per heavy atom. The van der Waals surface area contributed by atoms with Crippen LogP contribution in [0.3, 0.4) is 0 Å². The van der Waals surface area contributed by atoms with Crippen LogP contribution in [-0.2, 0) is 4.74 Å². The van der Waals surface area contributed by atoms with E-state index in [0.29, 0.717) is 35.2 Å². The van der Waals surface area contributed by atoms with Crippen LogP contribution in [0.4, 0.5) is 23.0 Å². The van der Waals surface area contributed by atoms with Gasteiger partial charge in [-0.2, -0.15) is 0 Å². The molecule has 0 aliphatic heterocycles. The van der Waals surface area contributed by atoms with E-state index in [2.05, 4.69) is 15.3 Å². The molecule has 0 unspecified atom stereocenters. The third-order valence-electron chi connectivity index (χ3n) is 3.60. The van der Waals surface area contributed by atoms with E-state index in [1.165, 1.54) is 6.33 Å². The summed E-state index contributed by atoms with van der Waals surface area (Å²) in [5, 5.41) is 3.12. The Balaban J connectivity index is 2.36. The van der Waals surface area contributed by atoms with Gasteiger partial charge in [-0.3, -0.25) is 0 Å². The van der Waals surface area contributed by atoms with Crippen LogP contribution in [0.5, 0.6) is 0 Å². The fourth-order valence-corrected chi connectivity index (χ4v) is 2.37. The molecule has 7 nitrogen and oxygen atoms in total. The lowest BCUT2D eigenvalue weighted by Gasteiger charge is -2.22. The first-order chi connectivity index (χ1) is 11.6. The number of aromatic nitrogens is 2. The topological polar surface area (TPSA) is 93.4 Å². The highest BCUT2D eigenvalue weighted by Gasteiger charge is 2.16. The first kappa shape index (κ1) is 17.5. The van der Waals surface area contributed by atoms with Crippen molar-refractivity contribution < 1.29 is 9.53 Å². The van der Waals surface area contributed by atoms with E-state index in [9.17, 15) is 4.79 Å². The van der Waals surface area contributed by atoms with E-state index in [0.717, 1.165) is 13.1 Å². The summed E-state index contributed by atoms with van der Waals surface area (Å²) in [5.74, 6) is 0.743. The number of para-hydroxylation sites is 1. The first-order valence-corrected chi connectivity index (χ1v) is 8.00. The number of carbonyl (C=O) groups excluding carboxylic acids is 1. The van der Waals surface area contributed by atoms with Gasteiger partial charge in [0.05, 0.1) is 17.9 Å². The van der Waals surface area contributed by atoms with Crippen LogP contribution in [-0.4, -0.2) is 35.6 Å². The van der Waals surface area contributed by atoms with Gasteiger partial charge in [-0.1, -0.05) is 12.1 Å². The number of benzene rings is 1. The molecule has 0 amide bonds.